The van der Waals surface area contributed by atoms with Gasteiger partial charge in [0.1, 0.15) is 0 Å². The predicted molar refractivity (Wildman–Crippen MR) is 63.2 cm³/mol. The van der Waals surface area contributed by atoms with Crippen LogP contribution in [0.5, 0.6) is 0 Å². The summed E-state index contributed by atoms with van der Waals surface area (Å²) in [5.74, 6) is -2.57. The van der Waals surface area contributed by atoms with Crippen LogP contribution in [0.3, 0.4) is 0 Å². The molecule has 1 aromatic carbocycles. The maximum atomic E-state index is 12.5. The number of hydrogen-bond acceptors (Lipinski definition) is 5. The molecule has 0 radical (unpaired) electrons. The topological polar surface area (TPSA) is 69.7 Å². The van der Waals surface area contributed by atoms with E-state index < -0.39 is 23.3 Å². The standard InChI is InChI=1S/C14H12O5/c1-18-12(16)10-9-7-19-13(17)14(9,10)11(15)8-5-3-2-4-6-8/h2-6,9-10H,7H2,1H3/t9-,10-,14-/m0/s1. The van der Waals surface area contributed by atoms with Crippen LogP contribution in [-0.4, -0.2) is 31.4 Å². The second-order valence-corrected chi connectivity index (χ2v) is 4.77. The first-order valence-corrected chi connectivity index (χ1v) is 5.99. The summed E-state index contributed by atoms with van der Waals surface area (Å²) in [6.07, 6.45) is 0. The lowest BCUT2D eigenvalue weighted by molar-refractivity contribution is -0.152. The quantitative estimate of drug-likeness (QED) is 0.457. The zero-order valence-corrected chi connectivity index (χ0v) is 10.3. The molecular formula is C14H12O5. The molecule has 1 heterocycles. The number of carbonyl (C=O) groups is 3. The first-order valence-electron chi connectivity index (χ1n) is 5.99. The van der Waals surface area contributed by atoms with Gasteiger partial charge in [-0.25, -0.2) is 0 Å². The average Bonchev–Trinajstić information content (AvgIpc) is 3.03. The summed E-state index contributed by atoms with van der Waals surface area (Å²) in [5.41, 5.74) is -0.938. The fourth-order valence-electron chi connectivity index (χ4n) is 2.96. The van der Waals surface area contributed by atoms with Crippen LogP contribution in [0.25, 0.3) is 0 Å². The fourth-order valence-corrected chi connectivity index (χ4v) is 2.96. The number of rotatable bonds is 3. The number of cyclic esters (lactones) is 1. The molecule has 0 aromatic heterocycles. The number of hydrogen-bond donors (Lipinski definition) is 0. The first-order chi connectivity index (χ1) is 9.14. The summed E-state index contributed by atoms with van der Waals surface area (Å²) in [6, 6.07) is 8.48. The number of ketones is 1. The predicted octanol–water partition coefficient (Wildman–Crippen LogP) is 0.831. The van der Waals surface area contributed by atoms with Crippen molar-refractivity contribution >= 4 is 17.7 Å². The highest BCUT2D eigenvalue weighted by Crippen LogP contribution is 2.65. The average molecular weight is 260 g/mol. The Hall–Kier alpha value is -2.17. The first kappa shape index (κ1) is 11.9. The molecule has 2 fully saturated rings. The van der Waals surface area contributed by atoms with Crippen LogP contribution in [-0.2, 0) is 19.1 Å². The Morgan fingerprint density at radius 1 is 1.32 bits per heavy atom. The van der Waals surface area contributed by atoms with Gasteiger partial charge in [-0.1, -0.05) is 30.3 Å². The van der Waals surface area contributed by atoms with Gasteiger partial charge in [0.25, 0.3) is 0 Å². The minimum atomic E-state index is -1.35. The van der Waals surface area contributed by atoms with E-state index >= 15 is 0 Å². The molecule has 0 N–H and O–H groups in total. The molecule has 0 spiro atoms. The lowest BCUT2D eigenvalue weighted by atomic mass is 9.91. The van der Waals surface area contributed by atoms with Gasteiger partial charge in [-0.2, -0.15) is 0 Å². The van der Waals surface area contributed by atoms with Crippen LogP contribution in [0, 0.1) is 17.3 Å². The minimum Gasteiger partial charge on any atom is -0.469 e. The van der Waals surface area contributed by atoms with Gasteiger partial charge in [-0.15, -0.1) is 0 Å². The van der Waals surface area contributed by atoms with Crippen LogP contribution in [0.1, 0.15) is 10.4 Å². The summed E-state index contributed by atoms with van der Waals surface area (Å²) in [5, 5.41) is 0. The van der Waals surface area contributed by atoms with Gasteiger partial charge in [0.05, 0.1) is 19.6 Å². The smallest absolute Gasteiger partial charge is 0.321 e. The SMILES string of the molecule is COC(=O)[C@@H]1[C@@H]2COC(=O)[C@]12C(=O)c1ccccc1. The number of benzene rings is 1. The van der Waals surface area contributed by atoms with E-state index in [4.69, 9.17) is 4.74 Å². The van der Waals surface area contributed by atoms with Crippen molar-refractivity contribution < 1.29 is 23.9 Å². The van der Waals surface area contributed by atoms with E-state index in [0.29, 0.717) is 5.56 Å². The van der Waals surface area contributed by atoms with Crippen molar-refractivity contribution in [2.75, 3.05) is 13.7 Å². The van der Waals surface area contributed by atoms with Gasteiger partial charge in [0, 0.05) is 11.5 Å². The Morgan fingerprint density at radius 3 is 2.63 bits per heavy atom. The third-order valence-electron chi connectivity index (χ3n) is 3.97. The van der Waals surface area contributed by atoms with E-state index in [1.54, 1.807) is 30.3 Å². The molecule has 1 saturated heterocycles. The largest absolute Gasteiger partial charge is 0.469 e. The van der Waals surface area contributed by atoms with Gasteiger partial charge in [0.2, 0.25) is 0 Å². The number of carbonyl (C=O) groups excluding carboxylic acids is 3. The van der Waals surface area contributed by atoms with Crippen molar-refractivity contribution in [3.63, 3.8) is 0 Å². The second-order valence-electron chi connectivity index (χ2n) is 4.77. The summed E-state index contributed by atoms with van der Waals surface area (Å²) < 4.78 is 9.59. The van der Waals surface area contributed by atoms with E-state index in [9.17, 15) is 14.4 Å². The Morgan fingerprint density at radius 2 is 2.00 bits per heavy atom. The molecule has 98 valence electrons. The molecule has 0 unspecified atom stereocenters. The molecule has 0 bridgehead atoms. The third-order valence-corrected chi connectivity index (χ3v) is 3.97. The molecule has 5 heteroatoms. The van der Waals surface area contributed by atoms with E-state index in [0.717, 1.165) is 0 Å². The molecule has 1 aliphatic heterocycles. The molecule has 3 atom stereocenters. The zero-order valence-electron chi connectivity index (χ0n) is 10.3. The van der Waals surface area contributed by atoms with Gasteiger partial charge < -0.3 is 9.47 Å². The highest BCUT2D eigenvalue weighted by Gasteiger charge is 2.81. The summed E-state index contributed by atoms with van der Waals surface area (Å²) >= 11 is 0. The van der Waals surface area contributed by atoms with Crippen molar-refractivity contribution in [3.8, 4) is 0 Å². The van der Waals surface area contributed by atoms with Gasteiger partial charge >= 0.3 is 11.9 Å². The molecule has 1 aromatic rings. The van der Waals surface area contributed by atoms with Crippen LogP contribution in [0.2, 0.25) is 0 Å². The lowest BCUT2D eigenvalue weighted by Crippen LogP contribution is -2.30. The van der Waals surface area contributed by atoms with E-state index in [1.807, 2.05) is 0 Å². The van der Waals surface area contributed by atoms with E-state index in [-0.39, 0.29) is 18.3 Å². The van der Waals surface area contributed by atoms with Gasteiger partial charge in [0.15, 0.2) is 11.2 Å². The van der Waals surface area contributed by atoms with Gasteiger partial charge in [-0.05, 0) is 0 Å². The maximum Gasteiger partial charge on any atom is 0.321 e. The molecule has 2 aliphatic rings. The molecule has 5 nitrogen and oxygen atoms in total. The number of methoxy groups -OCH3 is 1. The Labute approximate surface area is 109 Å². The second kappa shape index (κ2) is 3.91. The van der Waals surface area contributed by atoms with Crippen molar-refractivity contribution in [2.24, 2.45) is 17.3 Å². The number of Topliss-reactive ketones (excluding diaryl/α,β-unsaturated/α-hetero) is 1. The number of fused-ring (bicyclic) bond motifs is 1. The minimum absolute atomic E-state index is 0.108. The lowest BCUT2D eigenvalue weighted by Gasteiger charge is -2.11. The summed E-state index contributed by atoms with van der Waals surface area (Å²) in [7, 11) is 1.25. The molecule has 19 heavy (non-hydrogen) atoms. The maximum absolute atomic E-state index is 12.5. The molecule has 1 saturated carbocycles. The van der Waals surface area contributed by atoms with Crippen LogP contribution in [0.15, 0.2) is 30.3 Å². The van der Waals surface area contributed by atoms with Crippen LogP contribution in [0.4, 0.5) is 0 Å². The fraction of sp³-hybridized carbons (Fsp3) is 0.357. The highest BCUT2D eigenvalue weighted by molar-refractivity contribution is 6.20. The Bertz CT molecular complexity index is 564. The highest BCUT2D eigenvalue weighted by atomic mass is 16.6. The van der Waals surface area contributed by atoms with E-state index in [1.165, 1.54) is 7.11 Å². The van der Waals surface area contributed by atoms with Crippen LogP contribution >= 0.6 is 0 Å². The van der Waals surface area contributed by atoms with Crippen molar-refractivity contribution in [2.45, 2.75) is 0 Å². The third kappa shape index (κ3) is 1.38. The normalized spacial score (nSPS) is 31.3. The van der Waals surface area contributed by atoms with E-state index in [2.05, 4.69) is 4.74 Å². The molecule has 3 rings (SSSR count). The number of ether oxygens (including phenoxy) is 2. The molecule has 1 aliphatic carbocycles. The van der Waals surface area contributed by atoms with Gasteiger partial charge in [-0.3, -0.25) is 14.4 Å². The Kier molecular flexibility index (Phi) is 2.45. The van der Waals surface area contributed by atoms with Crippen molar-refractivity contribution in [3.05, 3.63) is 35.9 Å². The monoisotopic (exact) mass is 260 g/mol. The summed E-state index contributed by atoms with van der Waals surface area (Å²) in [4.78, 5) is 36.2. The van der Waals surface area contributed by atoms with Crippen molar-refractivity contribution in [1.82, 2.24) is 0 Å². The van der Waals surface area contributed by atoms with Crippen LogP contribution < -0.4 is 0 Å². The summed E-state index contributed by atoms with van der Waals surface area (Å²) in [6.45, 7) is 0.108. The zero-order chi connectivity index (χ0) is 13.6. The Balaban J connectivity index is 2.00. The van der Waals surface area contributed by atoms with Crippen molar-refractivity contribution in [1.29, 1.82) is 0 Å². The molecule has 0 amide bonds. The molecular weight excluding hydrogens is 248 g/mol. The number of esters is 2.